The second-order valence-electron chi connectivity index (χ2n) is 14.6. The summed E-state index contributed by atoms with van der Waals surface area (Å²) in [5.74, 6) is 0. The van der Waals surface area contributed by atoms with E-state index in [1.165, 1.54) is 21.8 Å². The highest BCUT2D eigenvalue weighted by Gasteiger charge is 2.19. The number of benzene rings is 9. The fourth-order valence-corrected chi connectivity index (χ4v) is 8.49. The van der Waals surface area contributed by atoms with Gasteiger partial charge < -0.3 is 18.8 Å². The van der Waals surface area contributed by atoms with Crippen LogP contribution in [0.3, 0.4) is 0 Å². The van der Waals surface area contributed by atoms with E-state index in [1.54, 1.807) is 0 Å². The number of aromatic nitrogens is 1. The highest BCUT2D eigenvalue weighted by molar-refractivity contribution is 6.11. The molecule has 0 aliphatic heterocycles. The van der Waals surface area contributed by atoms with Crippen molar-refractivity contribution >= 4 is 77.9 Å². The van der Waals surface area contributed by atoms with E-state index in [-0.39, 0.29) is 0 Å². The molecule has 2 heterocycles. The van der Waals surface area contributed by atoms with Gasteiger partial charge in [-0.05, 0) is 114 Å². The lowest BCUT2D eigenvalue weighted by molar-refractivity contribution is 0.669. The Labute approximate surface area is 336 Å². The molecule has 0 atom stereocenters. The first-order valence-electron chi connectivity index (χ1n) is 19.7. The van der Waals surface area contributed by atoms with Crippen LogP contribution in [-0.4, -0.2) is 4.57 Å². The van der Waals surface area contributed by atoms with Crippen molar-refractivity contribution in [3.8, 4) is 16.8 Å². The minimum Gasteiger partial charge on any atom is -0.456 e. The normalized spacial score (nSPS) is 11.4. The molecule has 4 heteroatoms. The number of nitrogens with zero attached hydrogens (tertiary/aromatic N) is 3. The molecular weight excluding hydrogens is 707 g/mol. The van der Waals surface area contributed by atoms with Crippen LogP contribution in [0.15, 0.2) is 229 Å². The van der Waals surface area contributed by atoms with Gasteiger partial charge in [0.2, 0.25) is 0 Å². The largest absolute Gasteiger partial charge is 0.456 e. The van der Waals surface area contributed by atoms with Gasteiger partial charge in [-0.1, -0.05) is 115 Å². The van der Waals surface area contributed by atoms with Gasteiger partial charge in [0, 0.05) is 67.4 Å². The Bertz CT molecular complexity index is 3190. The minimum absolute atomic E-state index is 0.844. The maximum atomic E-state index is 6.63. The predicted octanol–water partition coefficient (Wildman–Crippen LogP) is 15.3. The van der Waals surface area contributed by atoms with Gasteiger partial charge in [-0.25, -0.2) is 0 Å². The molecule has 274 valence electrons. The molecule has 2 aromatic heterocycles. The van der Waals surface area contributed by atoms with Gasteiger partial charge in [-0.2, -0.15) is 0 Å². The summed E-state index contributed by atoms with van der Waals surface area (Å²) in [6.45, 7) is 0. The number of anilines is 6. The number of furan rings is 1. The molecule has 9 aromatic carbocycles. The molecule has 58 heavy (non-hydrogen) atoms. The molecule has 4 nitrogen and oxygen atoms in total. The topological polar surface area (TPSA) is 24.6 Å². The Morgan fingerprint density at radius 3 is 1.47 bits per heavy atom. The Balaban J connectivity index is 1.01. The van der Waals surface area contributed by atoms with Gasteiger partial charge in [0.1, 0.15) is 11.2 Å². The van der Waals surface area contributed by atoms with Crippen molar-refractivity contribution < 1.29 is 4.42 Å². The van der Waals surface area contributed by atoms with Crippen LogP contribution in [-0.2, 0) is 0 Å². The second kappa shape index (κ2) is 14.0. The molecule has 0 saturated heterocycles. The van der Waals surface area contributed by atoms with Crippen LogP contribution in [0.2, 0.25) is 0 Å². The Hall–Kier alpha value is -7.82. The zero-order valence-corrected chi connectivity index (χ0v) is 31.6. The van der Waals surface area contributed by atoms with Gasteiger partial charge in [0.05, 0.1) is 11.0 Å². The monoisotopic (exact) mass is 743 g/mol. The maximum absolute atomic E-state index is 6.63. The smallest absolute Gasteiger partial charge is 0.137 e. The Morgan fingerprint density at radius 1 is 0.293 bits per heavy atom. The summed E-state index contributed by atoms with van der Waals surface area (Å²) >= 11 is 0. The fourth-order valence-electron chi connectivity index (χ4n) is 8.49. The molecule has 0 aliphatic rings. The van der Waals surface area contributed by atoms with Gasteiger partial charge in [-0.3, -0.25) is 0 Å². The zero-order valence-electron chi connectivity index (χ0n) is 31.6. The summed E-state index contributed by atoms with van der Waals surface area (Å²) in [6.07, 6.45) is 0. The Kier molecular flexibility index (Phi) is 8.11. The van der Waals surface area contributed by atoms with Crippen LogP contribution >= 0.6 is 0 Å². The Morgan fingerprint density at radius 2 is 0.793 bits per heavy atom. The summed E-state index contributed by atoms with van der Waals surface area (Å²) in [6, 6.07) is 79.6. The van der Waals surface area contributed by atoms with Gasteiger partial charge in [0.15, 0.2) is 0 Å². The minimum atomic E-state index is 0.844. The van der Waals surface area contributed by atoms with E-state index < -0.39 is 0 Å². The number of hydrogen-bond donors (Lipinski definition) is 0. The van der Waals surface area contributed by atoms with E-state index >= 15 is 0 Å². The molecule has 0 unspecified atom stereocenters. The summed E-state index contributed by atoms with van der Waals surface area (Å²) in [7, 11) is 0. The number of fused-ring (bicyclic) bond motifs is 6. The summed E-state index contributed by atoms with van der Waals surface area (Å²) in [5, 5.41) is 4.67. The molecule has 0 fully saturated rings. The van der Waals surface area contributed by atoms with Gasteiger partial charge in [-0.15, -0.1) is 0 Å². The molecular formula is C54H37N3O. The highest BCUT2D eigenvalue weighted by Crippen LogP contribution is 2.43. The van der Waals surface area contributed by atoms with Crippen LogP contribution in [0.4, 0.5) is 34.1 Å². The average Bonchev–Trinajstić information content (AvgIpc) is 3.83. The lowest BCUT2D eigenvalue weighted by Crippen LogP contribution is -2.13. The first-order chi connectivity index (χ1) is 28.8. The van der Waals surface area contributed by atoms with E-state index in [0.717, 1.165) is 72.9 Å². The van der Waals surface area contributed by atoms with Gasteiger partial charge >= 0.3 is 0 Å². The number of hydrogen-bond acceptors (Lipinski definition) is 3. The molecule has 0 bridgehead atoms. The third-order valence-electron chi connectivity index (χ3n) is 11.1. The van der Waals surface area contributed by atoms with Crippen LogP contribution in [0.1, 0.15) is 0 Å². The predicted molar refractivity (Wildman–Crippen MR) is 243 cm³/mol. The number of rotatable bonds is 8. The zero-order chi connectivity index (χ0) is 38.4. The SMILES string of the molecule is c1ccc(N(c2ccccc2)c2cccc(N(c3ccccc3)c3ccc4c(c3)oc3ccc(-c5ccc6c7ccccc7n(-c7ccccc7)c6c5)cc34)c2)cc1. The van der Waals surface area contributed by atoms with E-state index in [4.69, 9.17) is 4.42 Å². The van der Waals surface area contributed by atoms with Crippen molar-refractivity contribution in [3.05, 3.63) is 224 Å². The lowest BCUT2D eigenvalue weighted by atomic mass is 10.0. The molecule has 11 rings (SSSR count). The third kappa shape index (κ3) is 5.78. The van der Waals surface area contributed by atoms with Crippen LogP contribution in [0, 0.1) is 0 Å². The first kappa shape index (κ1) is 33.5. The van der Waals surface area contributed by atoms with Crippen LogP contribution in [0.5, 0.6) is 0 Å². The average molecular weight is 744 g/mol. The van der Waals surface area contributed by atoms with E-state index in [1.807, 2.05) is 0 Å². The van der Waals surface area contributed by atoms with Crippen molar-refractivity contribution in [2.24, 2.45) is 0 Å². The highest BCUT2D eigenvalue weighted by atomic mass is 16.3. The third-order valence-corrected chi connectivity index (χ3v) is 11.1. The first-order valence-corrected chi connectivity index (χ1v) is 19.7. The van der Waals surface area contributed by atoms with Crippen molar-refractivity contribution in [3.63, 3.8) is 0 Å². The summed E-state index contributed by atoms with van der Waals surface area (Å²) in [4.78, 5) is 4.60. The van der Waals surface area contributed by atoms with Gasteiger partial charge in [0.25, 0.3) is 0 Å². The fraction of sp³-hybridized carbons (Fsp3) is 0. The molecule has 0 amide bonds. The van der Waals surface area contributed by atoms with Crippen LogP contribution in [0.25, 0.3) is 60.6 Å². The molecule has 0 saturated carbocycles. The van der Waals surface area contributed by atoms with E-state index in [9.17, 15) is 0 Å². The summed E-state index contributed by atoms with van der Waals surface area (Å²) < 4.78 is 9.00. The summed E-state index contributed by atoms with van der Waals surface area (Å²) in [5.41, 5.74) is 13.9. The molecule has 0 radical (unpaired) electrons. The van der Waals surface area contributed by atoms with E-state index in [0.29, 0.717) is 0 Å². The van der Waals surface area contributed by atoms with Crippen molar-refractivity contribution in [2.45, 2.75) is 0 Å². The van der Waals surface area contributed by atoms with E-state index in [2.05, 4.69) is 239 Å². The quantitative estimate of drug-likeness (QED) is 0.155. The molecule has 11 aromatic rings. The van der Waals surface area contributed by atoms with Crippen molar-refractivity contribution in [1.82, 2.24) is 4.57 Å². The van der Waals surface area contributed by atoms with Crippen molar-refractivity contribution in [1.29, 1.82) is 0 Å². The molecule has 0 spiro atoms. The number of para-hydroxylation sites is 5. The molecule has 0 aliphatic carbocycles. The maximum Gasteiger partial charge on any atom is 0.137 e. The van der Waals surface area contributed by atoms with Crippen LogP contribution < -0.4 is 9.80 Å². The second-order valence-corrected chi connectivity index (χ2v) is 14.6. The molecule has 0 N–H and O–H groups in total. The standard InChI is InChI=1S/C54H37N3O/c1-5-16-40(17-6-1)55(41-18-7-2-8-19-41)44-24-15-25-45(36-44)56(42-20-9-3-10-21-42)46-30-32-49-50-34-38(29-33-53(50)58-54(49)37-46)39-28-31-48-47-26-13-14-27-51(47)57(52(48)35-39)43-22-11-4-12-23-43/h1-37H. The lowest BCUT2D eigenvalue weighted by Gasteiger charge is -2.29. The van der Waals surface area contributed by atoms with Crippen molar-refractivity contribution in [2.75, 3.05) is 9.80 Å².